The van der Waals surface area contributed by atoms with Crippen LogP contribution in [0.5, 0.6) is 5.75 Å². The fourth-order valence-corrected chi connectivity index (χ4v) is 3.27. The van der Waals surface area contributed by atoms with Crippen LogP contribution in [0.15, 0.2) is 40.7 Å². The van der Waals surface area contributed by atoms with Gasteiger partial charge >= 0.3 is 0 Å². The zero-order chi connectivity index (χ0) is 18.9. The van der Waals surface area contributed by atoms with Gasteiger partial charge in [0.05, 0.1) is 12.8 Å². The van der Waals surface area contributed by atoms with Crippen LogP contribution in [0.3, 0.4) is 0 Å². The minimum Gasteiger partial charge on any atom is -0.495 e. The van der Waals surface area contributed by atoms with Gasteiger partial charge in [0.25, 0.3) is 0 Å². The molecular weight excluding hydrogens is 348 g/mol. The second kappa shape index (κ2) is 9.82. The lowest BCUT2D eigenvalue weighted by Crippen LogP contribution is -2.38. The van der Waals surface area contributed by atoms with Gasteiger partial charge in [-0.2, -0.15) is 0 Å². The van der Waals surface area contributed by atoms with Crippen LogP contribution in [-0.4, -0.2) is 32.6 Å². The predicted octanol–water partition coefficient (Wildman–Crippen LogP) is 3.18. The van der Waals surface area contributed by atoms with E-state index in [1.165, 1.54) is 11.8 Å². The molecule has 2 aromatic rings. The molecule has 3 N–H and O–H groups in total. The Morgan fingerprint density at radius 3 is 2.73 bits per heavy atom. The Morgan fingerprint density at radius 2 is 2.12 bits per heavy atom. The zero-order valence-corrected chi connectivity index (χ0v) is 16.4. The normalized spacial score (nSPS) is 12.4. The minimum atomic E-state index is -0.131. The van der Waals surface area contributed by atoms with E-state index in [4.69, 9.17) is 4.74 Å². The van der Waals surface area contributed by atoms with Crippen molar-refractivity contribution in [3.05, 3.63) is 46.2 Å². The molecule has 0 spiro atoms. The Labute approximate surface area is 158 Å². The monoisotopic (exact) mass is 374 g/mol. The lowest BCUT2D eigenvalue weighted by Gasteiger charge is -2.16. The van der Waals surface area contributed by atoms with Crippen molar-refractivity contribution < 1.29 is 9.53 Å². The van der Waals surface area contributed by atoms with Gasteiger partial charge in [0, 0.05) is 37.9 Å². The highest BCUT2D eigenvalue weighted by Gasteiger charge is 2.09. The molecule has 1 aromatic carbocycles. The number of anilines is 1. The first-order chi connectivity index (χ1) is 12.5. The molecule has 1 atom stereocenters. The van der Waals surface area contributed by atoms with Crippen LogP contribution >= 0.6 is 11.3 Å². The van der Waals surface area contributed by atoms with Gasteiger partial charge in [0.1, 0.15) is 5.75 Å². The lowest BCUT2D eigenvalue weighted by atomic mass is 10.1. The van der Waals surface area contributed by atoms with Crippen molar-refractivity contribution in [2.75, 3.05) is 26.0 Å². The SMILES string of the molecule is CN=C(NCc1ccc(OC)c(NC(C)=O)c1)NCC(C)c1cccs1. The summed E-state index contributed by atoms with van der Waals surface area (Å²) in [6.07, 6.45) is 0. The molecule has 0 radical (unpaired) electrons. The highest BCUT2D eigenvalue weighted by atomic mass is 32.1. The number of amides is 1. The van der Waals surface area contributed by atoms with E-state index in [0.29, 0.717) is 23.9 Å². The number of thiophene rings is 1. The van der Waals surface area contributed by atoms with Gasteiger partial charge in [0.2, 0.25) is 5.91 Å². The maximum atomic E-state index is 11.3. The first-order valence-electron chi connectivity index (χ1n) is 8.46. The number of ether oxygens (including phenoxy) is 1. The van der Waals surface area contributed by atoms with Gasteiger partial charge in [-0.25, -0.2) is 0 Å². The van der Waals surface area contributed by atoms with Gasteiger partial charge in [-0.05, 0) is 29.1 Å². The Kier molecular flexibility index (Phi) is 7.47. The average molecular weight is 375 g/mol. The van der Waals surface area contributed by atoms with Crippen molar-refractivity contribution in [2.24, 2.45) is 4.99 Å². The molecule has 2 rings (SSSR count). The molecule has 1 heterocycles. The van der Waals surface area contributed by atoms with Crippen molar-refractivity contribution in [2.45, 2.75) is 26.3 Å². The molecular formula is C19H26N4O2S. The number of carbonyl (C=O) groups is 1. The molecule has 0 aliphatic heterocycles. The van der Waals surface area contributed by atoms with Crippen LogP contribution in [0.25, 0.3) is 0 Å². The Balaban J connectivity index is 1.92. The summed E-state index contributed by atoms with van der Waals surface area (Å²) in [6, 6.07) is 9.92. The summed E-state index contributed by atoms with van der Waals surface area (Å²) in [4.78, 5) is 17.0. The maximum Gasteiger partial charge on any atom is 0.221 e. The first kappa shape index (κ1) is 19.8. The van der Waals surface area contributed by atoms with Gasteiger partial charge in [-0.15, -0.1) is 11.3 Å². The Bertz CT molecular complexity index is 744. The minimum absolute atomic E-state index is 0.131. The summed E-state index contributed by atoms with van der Waals surface area (Å²) in [5.74, 6) is 1.66. The van der Waals surface area contributed by atoms with Crippen LogP contribution < -0.4 is 20.7 Å². The van der Waals surface area contributed by atoms with Crippen LogP contribution in [0, 0.1) is 0 Å². The van der Waals surface area contributed by atoms with Crippen molar-refractivity contribution in [3.8, 4) is 5.75 Å². The molecule has 1 amide bonds. The molecule has 0 saturated carbocycles. The zero-order valence-electron chi connectivity index (χ0n) is 15.6. The van der Waals surface area contributed by atoms with Gasteiger partial charge < -0.3 is 20.7 Å². The predicted molar refractivity (Wildman–Crippen MR) is 108 cm³/mol. The Hall–Kier alpha value is -2.54. The summed E-state index contributed by atoms with van der Waals surface area (Å²) in [5.41, 5.74) is 1.68. The van der Waals surface area contributed by atoms with Gasteiger partial charge in [-0.3, -0.25) is 9.79 Å². The Morgan fingerprint density at radius 1 is 1.31 bits per heavy atom. The molecule has 0 fully saturated rings. The third kappa shape index (κ3) is 5.77. The lowest BCUT2D eigenvalue weighted by molar-refractivity contribution is -0.114. The molecule has 1 unspecified atom stereocenters. The number of methoxy groups -OCH3 is 1. The third-order valence-corrected chi connectivity index (χ3v) is 4.97. The number of rotatable bonds is 7. The van der Waals surface area contributed by atoms with E-state index in [9.17, 15) is 4.79 Å². The van der Waals surface area contributed by atoms with Crippen LogP contribution in [0.2, 0.25) is 0 Å². The van der Waals surface area contributed by atoms with Crippen molar-refractivity contribution >= 4 is 28.9 Å². The fraction of sp³-hybridized carbons (Fsp3) is 0.368. The number of carbonyl (C=O) groups excluding carboxylic acids is 1. The second-order valence-electron chi connectivity index (χ2n) is 5.94. The van der Waals surface area contributed by atoms with E-state index in [0.717, 1.165) is 18.1 Å². The molecule has 0 aliphatic carbocycles. The molecule has 140 valence electrons. The summed E-state index contributed by atoms with van der Waals surface area (Å²) in [5, 5.41) is 11.5. The van der Waals surface area contributed by atoms with Gasteiger partial charge in [-0.1, -0.05) is 19.1 Å². The highest BCUT2D eigenvalue weighted by molar-refractivity contribution is 7.10. The molecule has 26 heavy (non-hydrogen) atoms. The largest absolute Gasteiger partial charge is 0.495 e. The number of aliphatic imine (C=N–C) groups is 1. The molecule has 1 aromatic heterocycles. The quantitative estimate of drug-likeness (QED) is 0.514. The number of guanidine groups is 1. The van der Waals surface area contributed by atoms with E-state index < -0.39 is 0 Å². The van der Waals surface area contributed by atoms with Crippen molar-refractivity contribution in [3.63, 3.8) is 0 Å². The summed E-state index contributed by atoms with van der Waals surface area (Å²) >= 11 is 1.76. The maximum absolute atomic E-state index is 11.3. The first-order valence-corrected chi connectivity index (χ1v) is 9.34. The summed E-state index contributed by atoms with van der Waals surface area (Å²) in [6.45, 7) is 5.06. The number of benzene rings is 1. The van der Waals surface area contributed by atoms with E-state index in [-0.39, 0.29) is 5.91 Å². The summed E-state index contributed by atoms with van der Waals surface area (Å²) in [7, 11) is 3.33. The average Bonchev–Trinajstić information content (AvgIpc) is 3.16. The van der Waals surface area contributed by atoms with Crippen molar-refractivity contribution in [1.29, 1.82) is 0 Å². The third-order valence-electron chi connectivity index (χ3n) is 3.86. The number of hydrogen-bond acceptors (Lipinski definition) is 4. The smallest absolute Gasteiger partial charge is 0.221 e. The van der Waals surface area contributed by atoms with E-state index >= 15 is 0 Å². The molecule has 7 heteroatoms. The van der Waals surface area contributed by atoms with Crippen molar-refractivity contribution in [1.82, 2.24) is 10.6 Å². The van der Waals surface area contributed by atoms with Crippen LogP contribution in [-0.2, 0) is 11.3 Å². The molecule has 0 aliphatic rings. The van der Waals surface area contributed by atoms with E-state index in [2.05, 4.69) is 45.4 Å². The second-order valence-corrected chi connectivity index (χ2v) is 6.92. The van der Waals surface area contributed by atoms with Crippen LogP contribution in [0.1, 0.15) is 30.2 Å². The molecule has 0 saturated heterocycles. The number of hydrogen-bond donors (Lipinski definition) is 3. The van der Waals surface area contributed by atoms with E-state index in [1.807, 2.05) is 18.2 Å². The highest BCUT2D eigenvalue weighted by Crippen LogP contribution is 2.25. The molecule has 0 bridgehead atoms. The topological polar surface area (TPSA) is 74.8 Å². The molecule has 6 nitrogen and oxygen atoms in total. The fourth-order valence-electron chi connectivity index (χ4n) is 2.48. The summed E-state index contributed by atoms with van der Waals surface area (Å²) < 4.78 is 5.28. The number of nitrogens with zero attached hydrogens (tertiary/aromatic N) is 1. The standard InChI is InChI=1S/C19H26N4O2S/c1-13(18-6-5-9-26-18)11-21-19(20-3)22-12-15-7-8-17(25-4)16(10-15)23-14(2)24/h5-10,13H,11-12H2,1-4H3,(H,23,24)(H2,20,21,22). The number of nitrogens with one attached hydrogen (secondary N) is 3. The van der Waals surface area contributed by atoms with Crippen LogP contribution in [0.4, 0.5) is 5.69 Å². The van der Waals surface area contributed by atoms with E-state index in [1.54, 1.807) is 25.5 Å². The van der Waals surface area contributed by atoms with Gasteiger partial charge in [0.15, 0.2) is 5.96 Å².